The number of carboxylic acids is 1. The van der Waals surface area contributed by atoms with Crippen LogP contribution in [0.15, 0.2) is 35.4 Å². The SMILES string of the molecule is COC(O[C@@H]1[C@@]2(C(C)C)O[C@H]2[C@@H]2C[C@]23[C@]12O[C@H]2C[C@H]1C2=C(CC[C@@]13C)C(=O)OC2)c1ccc(C(=O)O)cc1. The molecule has 7 aliphatic rings. The van der Waals surface area contributed by atoms with Gasteiger partial charge in [0.25, 0.3) is 0 Å². The Labute approximate surface area is 221 Å². The third-order valence-electron chi connectivity index (χ3n) is 11.7. The third-order valence-corrected chi connectivity index (χ3v) is 11.7. The molecule has 2 saturated heterocycles. The lowest BCUT2D eigenvalue weighted by atomic mass is 9.45. The van der Waals surface area contributed by atoms with Gasteiger partial charge in [0.2, 0.25) is 0 Å². The molecule has 5 fully saturated rings. The van der Waals surface area contributed by atoms with Gasteiger partial charge in [-0.3, -0.25) is 0 Å². The Morgan fingerprint density at radius 2 is 1.95 bits per heavy atom. The predicted molar refractivity (Wildman–Crippen MR) is 132 cm³/mol. The van der Waals surface area contributed by atoms with Crippen LogP contribution in [-0.2, 0) is 28.5 Å². The number of cyclic esters (lactones) is 1. The van der Waals surface area contributed by atoms with Crippen LogP contribution in [0.3, 0.4) is 0 Å². The summed E-state index contributed by atoms with van der Waals surface area (Å²) in [5.74, 6) is -0.179. The van der Waals surface area contributed by atoms with Crippen molar-refractivity contribution in [1.82, 2.24) is 0 Å². The number of benzene rings is 1. The normalized spacial score (nSPS) is 47.6. The molecule has 3 aliphatic heterocycles. The molecular formula is C30H34O8. The molecule has 1 aromatic rings. The fourth-order valence-electron chi connectivity index (χ4n) is 9.88. The number of aromatic carboxylic acids is 1. The highest BCUT2D eigenvalue weighted by molar-refractivity contribution is 5.92. The highest BCUT2D eigenvalue weighted by Crippen LogP contribution is 2.90. The standard InChI is InChI=1S/C30H34O8/c1-14(2)29-22(38-29)20-12-28(20)27(3)10-9-17-18(13-35-24(17)33)19(27)11-21-30(28,37-21)26(29)36-25(34-4)16-7-5-15(6-8-16)23(31)32/h5-8,14,19-22,25-26H,9-13H2,1-4H3,(H,31,32)/t19-,20-,21-,22-,25?,26+,27-,28-,29-,30+/m0/s1. The number of carbonyl (C=O) groups excluding carboxylic acids is 1. The van der Waals surface area contributed by atoms with E-state index in [2.05, 4.69) is 20.8 Å². The minimum Gasteiger partial charge on any atom is -0.478 e. The summed E-state index contributed by atoms with van der Waals surface area (Å²) >= 11 is 0. The number of hydrogen-bond acceptors (Lipinski definition) is 7. The lowest BCUT2D eigenvalue weighted by Crippen LogP contribution is -2.65. The molecule has 8 nitrogen and oxygen atoms in total. The molecule has 8 heteroatoms. The van der Waals surface area contributed by atoms with Gasteiger partial charge in [0.15, 0.2) is 6.29 Å². The minimum absolute atomic E-state index is 0.0279. The summed E-state index contributed by atoms with van der Waals surface area (Å²) in [5, 5.41) is 9.33. The molecule has 0 amide bonds. The van der Waals surface area contributed by atoms with Gasteiger partial charge >= 0.3 is 11.9 Å². The van der Waals surface area contributed by atoms with E-state index in [0.717, 1.165) is 36.8 Å². The fourth-order valence-corrected chi connectivity index (χ4v) is 9.88. The summed E-state index contributed by atoms with van der Waals surface area (Å²) in [7, 11) is 1.62. The molecule has 8 rings (SSSR count). The predicted octanol–water partition coefficient (Wildman–Crippen LogP) is 4.04. The van der Waals surface area contributed by atoms with Gasteiger partial charge in [-0.05, 0) is 66.6 Å². The maximum absolute atomic E-state index is 12.4. The second-order valence-corrected chi connectivity index (χ2v) is 13.0. The lowest BCUT2D eigenvalue weighted by Gasteiger charge is -2.57. The van der Waals surface area contributed by atoms with Crippen LogP contribution >= 0.6 is 0 Å². The Balaban J connectivity index is 1.20. The second-order valence-electron chi connectivity index (χ2n) is 13.0. The van der Waals surface area contributed by atoms with Gasteiger partial charge in [-0.15, -0.1) is 0 Å². The maximum atomic E-state index is 12.4. The van der Waals surface area contributed by atoms with Crippen LogP contribution in [-0.4, -0.2) is 60.3 Å². The first-order valence-corrected chi connectivity index (χ1v) is 13.9. The largest absolute Gasteiger partial charge is 0.478 e. The molecular weight excluding hydrogens is 488 g/mol. The van der Waals surface area contributed by atoms with Crippen molar-refractivity contribution in [2.45, 2.75) is 82.3 Å². The van der Waals surface area contributed by atoms with Crippen LogP contribution in [0.5, 0.6) is 0 Å². The average Bonchev–Trinajstić information content (AvgIpc) is 3.80. The Bertz CT molecular complexity index is 1300. The van der Waals surface area contributed by atoms with Crippen molar-refractivity contribution in [2.75, 3.05) is 13.7 Å². The van der Waals surface area contributed by atoms with Gasteiger partial charge in [-0.2, -0.15) is 0 Å². The number of ether oxygens (including phenoxy) is 5. The van der Waals surface area contributed by atoms with E-state index in [-0.39, 0.29) is 52.5 Å². The Kier molecular flexibility index (Phi) is 4.40. The minimum atomic E-state index is -0.966. The molecule has 1 aromatic carbocycles. The van der Waals surface area contributed by atoms with Crippen molar-refractivity contribution >= 4 is 11.9 Å². The van der Waals surface area contributed by atoms with E-state index in [9.17, 15) is 14.7 Å². The zero-order chi connectivity index (χ0) is 26.4. The van der Waals surface area contributed by atoms with E-state index in [1.807, 2.05) is 0 Å². The number of rotatable bonds is 6. The molecule has 10 atom stereocenters. The zero-order valence-electron chi connectivity index (χ0n) is 22.2. The van der Waals surface area contributed by atoms with Crippen molar-refractivity contribution in [1.29, 1.82) is 0 Å². The molecule has 2 spiro atoms. The molecule has 3 saturated carbocycles. The number of methoxy groups -OCH3 is 1. The Morgan fingerprint density at radius 1 is 1.18 bits per heavy atom. The first-order chi connectivity index (χ1) is 18.2. The summed E-state index contributed by atoms with van der Waals surface area (Å²) in [6, 6.07) is 6.69. The van der Waals surface area contributed by atoms with E-state index < -0.39 is 23.5 Å². The molecule has 4 aliphatic carbocycles. The van der Waals surface area contributed by atoms with Crippen molar-refractivity contribution in [3.63, 3.8) is 0 Å². The highest BCUT2D eigenvalue weighted by atomic mass is 16.7. The van der Waals surface area contributed by atoms with Gasteiger partial charge in [0.1, 0.15) is 23.9 Å². The summed E-state index contributed by atoms with van der Waals surface area (Å²) in [5.41, 5.74) is 2.10. The van der Waals surface area contributed by atoms with Crippen molar-refractivity contribution in [2.24, 2.45) is 28.6 Å². The molecule has 3 heterocycles. The van der Waals surface area contributed by atoms with Crippen LogP contribution < -0.4 is 0 Å². The lowest BCUT2D eigenvalue weighted by molar-refractivity contribution is -0.222. The number of fused-ring (bicyclic) bond motifs is 4. The van der Waals surface area contributed by atoms with Crippen molar-refractivity contribution < 1.29 is 38.4 Å². The summed E-state index contributed by atoms with van der Waals surface area (Å²) in [4.78, 5) is 23.8. The summed E-state index contributed by atoms with van der Waals surface area (Å²) in [6.07, 6.45) is 2.78. The summed E-state index contributed by atoms with van der Waals surface area (Å²) < 4.78 is 31.9. The number of epoxide rings is 2. The maximum Gasteiger partial charge on any atom is 0.335 e. The van der Waals surface area contributed by atoms with Crippen LogP contribution in [0.1, 0.15) is 68.7 Å². The van der Waals surface area contributed by atoms with Gasteiger partial charge in [0, 0.05) is 23.7 Å². The van der Waals surface area contributed by atoms with E-state index >= 15 is 0 Å². The number of esters is 1. The molecule has 0 radical (unpaired) electrons. The quantitative estimate of drug-likeness (QED) is 0.339. The number of hydrogen-bond donors (Lipinski definition) is 1. The Hall–Kier alpha value is -2.26. The van der Waals surface area contributed by atoms with Gasteiger partial charge in [0.05, 0.1) is 17.8 Å². The topological polar surface area (TPSA) is 107 Å². The first-order valence-electron chi connectivity index (χ1n) is 13.9. The molecule has 38 heavy (non-hydrogen) atoms. The van der Waals surface area contributed by atoms with Crippen molar-refractivity contribution in [3.8, 4) is 0 Å². The molecule has 0 aromatic heterocycles. The fraction of sp³-hybridized carbons (Fsp3) is 0.667. The van der Waals surface area contributed by atoms with Gasteiger partial charge < -0.3 is 28.8 Å². The number of carboxylic acid groups (broad SMARTS) is 1. The van der Waals surface area contributed by atoms with Crippen LogP contribution in [0, 0.1) is 28.6 Å². The average molecular weight is 523 g/mol. The van der Waals surface area contributed by atoms with Gasteiger partial charge in [-0.25, -0.2) is 9.59 Å². The van der Waals surface area contributed by atoms with E-state index in [4.69, 9.17) is 23.7 Å². The van der Waals surface area contributed by atoms with Crippen molar-refractivity contribution in [3.05, 3.63) is 46.5 Å². The Morgan fingerprint density at radius 3 is 2.63 bits per heavy atom. The molecule has 0 bridgehead atoms. The van der Waals surface area contributed by atoms with Crippen LogP contribution in [0.25, 0.3) is 0 Å². The van der Waals surface area contributed by atoms with E-state index in [1.165, 1.54) is 5.57 Å². The zero-order valence-corrected chi connectivity index (χ0v) is 22.2. The molecule has 202 valence electrons. The smallest absolute Gasteiger partial charge is 0.335 e. The molecule has 1 unspecified atom stereocenters. The second kappa shape index (κ2) is 7.08. The molecule has 1 N–H and O–H groups in total. The van der Waals surface area contributed by atoms with Crippen LogP contribution in [0.4, 0.5) is 0 Å². The highest BCUT2D eigenvalue weighted by Gasteiger charge is 2.98. The third kappa shape index (κ3) is 2.44. The monoisotopic (exact) mass is 522 g/mol. The van der Waals surface area contributed by atoms with Gasteiger partial charge in [-0.1, -0.05) is 32.9 Å². The summed E-state index contributed by atoms with van der Waals surface area (Å²) in [6.45, 7) is 7.25. The van der Waals surface area contributed by atoms with E-state index in [0.29, 0.717) is 12.5 Å². The number of carbonyl (C=O) groups is 2. The first kappa shape index (κ1) is 23.6. The van der Waals surface area contributed by atoms with Crippen LogP contribution in [0.2, 0.25) is 0 Å². The van der Waals surface area contributed by atoms with E-state index in [1.54, 1.807) is 31.4 Å².